The van der Waals surface area contributed by atoms with Crippen LogP contribution < -0.4 is 0 Å². The standard InChI is InChI=1S/C29H38FN2P.C2H6O.CH2O2.CH3.W/c1-19(2)32(20(3)4)18-25-16-26(24-10-8-9-23(15-24)11-12-33-7)21(5)13-27(25)28-14-22(6)31-17-29(28)30;1-2-3;2-1-3;;/h8-10,13-17,19-20,33H,11-12,18H2,1-7H3;3H,2H2,1H3;1H,(H,2,3);1H3;/q;;;-1;. The summed E-state index contributed by atoms with van der Waals surface area (Å²) in [5, 5.41) is 14.5. The molecule has 41 heavy (non-hydrogen) atoms. The number of carboxylic acid groups (broad SMARTS) is 1. The number of hydrogen-bond acceptors (Lipinski definition) is 4. The zero-order valence-corrected chi connectivity index (χ0v) is 30.1. The van der Waals surface area contributed by atoms with Gasteiger partial charge in [0.25, 0.3) is 6.47 Å². The quantitative estimate of drug-likeness (QED) is 0.133. The second kappa shape index (κ2) is 21.7. The van der Waals surface area contributed by atoms with Crippen LogP contribution in [0.25, 0.3) is 22.3 Å². The molecule has 5 nitrogen and oxygen atoms in total. The Hall–Kier alpha value is -1.97. The third-order valence-electron chi connectivity index (χ3n) is 6.31. The number of rotatable bonds is 9. The number of aliphatic hydroxyl groups is 1. The number of hydrogen-bond donors (Lipinski definition) is 2. The first kappa shape index (κ1) is 41.2. The van der Waals surface area contributed by atoms with Crippen LogP contribution in [0.1, 0.15) is 57.0 Å². The van der Waals surface area contributed by atoms with Crippen LogP contribution in [-0.4, -0.2) is 58.1 Å². The molecule has 2 N–H and O–H groups in total. The number of aromatic nitrogens is 1. The summed E-state index contributed by atoms with van der Waals surface area (Å²) in [6.45, 7) is 17.7. The SMILES string of the molecule is CCO.CPCCc1cccc(-c2cc(CN(C(C)C)C(C)C)c(-c3cc(C)ncc3F)cc2C)c1.O=CO.[CH3-].[W]. The summed E-state index contributed by atoms with van der Waals surface area (Å²) in [6, 6.07) is 16.0. The molecule has 0 saturated heterocycles. The van der Waals surface area contributed by atoms with E-state index in [0.717, 1.165) is 43.9 Å². The first-order chi connectivity index (χ1) is 18.5. The summed E-state index contributed by atoms with van der Waals surface area (Å²) >= 11 is 0. The van der Waals surface area contributed by atoms with Crippen LogP contribution in [0.15, 0.2) is 48.7 Å². The van der Waals surface area contributed by atoms with E-state index in [4.69, 9.17) is 15.0 Å². The molecule has 2 aromatic carbocycles. The maximum atomic E-state index is 14.9. The minimum atomic E-state index is -0.267. The van der Waals surface area contributed by atoms with Gasteiger partial charge in [-0.05, 0) is 113 Å². The van der Waals surface area contributed by atoms with Gasteiger partial charge in [0.2, 0.25) is 0 Å². The van der Waals surface area contributed by atoms with Crippen LogP contribution in [0, 0.1) is 27.1 Å². The van der Waals surface area contributed by atoms with Gasteiger partial charge in [0, 0.05) is 57.6 Å². The van der Waals surface area contributed by atoms with Gasteiger partial charge >= 0.3 is 0 Å². The van der Waals surface area contributed by atoms with Crippen molar-refractivity contribution in [2.24, 2.45) is 0 Å². The van der Waals surface area contributed by atoms with Crippen LogP contribution in [0.3, 0.4) is 0 Å². The van der Waals surface area contributed by atoms with Gasteiger partial charge in [-0.25, -0.2) is 4.39 Å². The molecule has 3 rings (SSSR count). The molecule has 1 unspecified atom stereocenters. The van der Waals surface area contributed by atoms with E-state index in [2.05, 4.69) is 87.6 Å². The van der Waals surface area contributed by atoms with Crippen LogP contribution in [0.5, 0.6) is 0 Å². The van der Waals surface area contributed by atoms with E-state index in [9.17, 15) is 4.39 Å². The molecule has 0 bridgehead atoms. The molecule has 0 aliphatic rings. The van der Waals surface area contributed by atoms with Gasteiger partial charge in [-0.1, -0.05) is 30.3 Å². The molecule has 0 saturated carbocycles. The molecule has 1 heterocycles. The summed E-state index contributed by atoms with van der Waals surface area (Å²) in [7, 11) is 0.968. The number of nitrogens with zero attached hydrogens (tertiary/aromatic N) is 2. The predicted molar refractivity (Wildman–Crippen MR) is 171 cm³/mol. The second-order valence-electron chi connectivity index (χ2n) is 9.97. The summed E-state index contributed by atoms with van der Waals surface area (Å²) in [5.41, 5.74) is 8.60. The largest absolute Gasteiger partial charge is 0.483 e. The molecule has 3 aromatic rings. The number of aliphatic hydroxyl groups excluding tert-OH is 1. The molecular formula is C33H49FN2O3PW-. The summed E-state index contributed by atoms with van der Waals surface area (Å²) in [4.78, 5) is 15.0. The van der Waals surface area contributed by atoms with E-state index in [0.29, 0.717) is 17.6 Å². The molecular weight excluding hydrogens is 706 g/mol. The number of aryl methyl sites for hydroxylation is 3. The number of halogens is 1. The van der Waals surface area contributed by atoms with Gasteiger partial charge < -0.3 is 17.6 Å². The molecule has 0 aliphatic carbocycles. The van der Waals surface area contributed by atoms with Gasteiger partial charge in [0.15, 0.2) is 0 Å². The summed E-state index contributed by atoms with van der Waals surface area (Å²) in [5.74, 6) is -0.267. The topological polar surface area (TPSA) is 73.7 Å². The van der Waals surface area contributed by atoms with Crippen LogP contribution in [0.4, 0.5) is 4.39 Å². The zero-order chi connectivity index (χ0) is 29.5. The molecule has 1 atom stereocenters. The maximum absolute atomic E-state index is 14.9. The molecule has 1 aromatic heterocycles. The Bertz CT molecular complexity index is 1170. The average molecular weight is 756 g/mol. The van der Waals surface area contributed by atoms with Crippen molar-refractivity contribution >= 4 is 15.1 Å². The maximum Gasteiger partial charge on any atom is 0.290 e. The monoisotopic (exact) mass is 755 g/mol. The van der Waals surface area contributed by atoms with E-state index in [1.165, 1.54) is 29.0 Å². The van der Waals surface area contributed by atoms with Gasteiger partial charge in [-0.3, -0.25) is 14.7 Å². The Labute approximate surface area is 264 Å². The van der Waals surface area contributed by atoms with Gasteiger partial charge in [-0.15, -0.1) is 8.58 Å². The molecule has 8 heteroatoms. The minimum Gasteiger partial charge on any atom is -0.483 e. The Kier molecular flexibility index (Phi) is 21.8. The predicted octanol–water partition coefficient (Wildman–Crippen LogP) is 7.79. The molecule has 228 valence electrons. The third kappa shape index (κ3) is 13.3. The number of pyridine rings is 1. The molecule has 0 radical (unpaired) electrons. The molecule has 0 spiro atoms. The Morgan fingerprint density at radius 3 is 2.15 bits per heavy atom. The Balaban J connectivity index is 0. The summed E-state index contributed by atoms with van der Waals surface area (Å²) < 4.78 is 14.9. The van der Waals surface area contributed by atoms with E-state index >= 15 is 0 Å². The van der Waals surface area contributed by atoms with Gasteiger partial charge in [0.05, 0.1) is 6.20 Å². The van der Waals surface area contributed by atoms with Crippen molar-refractivity contribution in [3.05, 3.63) is 84.3 Å². The average Bonchev–Trinajstić information content (AvgIpc) is 2.88. The van der Waals surface area contributed by atoms with Crippen molar-refractivity contribution in [1.29, 1.82) is 0 Å². The van der Waals surface area contributed by atoms with Crippen molar-refractivity contribution in [2.75, 3.05) is 19.4 Å². The van der Waals surface area contributed by atoms with Gasteiger partial charge in [0.1, 0.15) is 5.82 Å². The summed E-state index contributed by atoms with van der Waals surface area (Å²) in [6.07, 6.45) is 3.69. The third-order valence-corrected chi connectivity index (χ3v) is 7.06. The Morgan fingerprint density at radius 1 is 1.02 bits per heavy atom. The van der Waals surface area contributed by atoms with Crippen molar-refractivity contribution < 1.29 is 40.5 Å². The fraction of sp³-hybridized carbons (Fsp3) is 0.424. The fourth-order valence-electron chi connectivity index (χ4n) is 4.52. The first-order valence-electron chi connectivity index (χ1n) is 13.5. The second-order valence-corrected chi connectivity index (χ2v) is 11.2. The minimum absolute atomic E-state index is 0. The van der Waals surface area contributed by atoms with Crippen molar-refractivity contribution in [3.63, 3.8) is 0 Å². The molecule has 0 fully saturated rings. The number of benzene rings is 2. The Morgan fingerprint density at radius 2 is 1.61 bits per heavy atom. The van der Waals surface area contributed by atoms with E-state index in [1.54, 1.807) is 6.92 Å². The van der Waals surface area contributed by atoms with Crippen molar-refractivity contribution in [2.45, 2.75) is 73.5 Å². The van der Waals surface area contributed by atoms with Crippen molar-refractivity contribution in [1.82, 2.24) is 9.88 Å². The van der Waals surface area contributed by atoms with Crippen molar-refractivity contribution in [3.8, 4) is 22.3 Å². The van der Waals surface area contributed by atoms with Crippen LogP contribution in [-0.2, 0) is 38.8 Å². The molecule has 0 aliphatic heterocycles. The van der Waals surface area contributed by atoms with Crippen LogP contribution >= 0.6 is 8.58 Å². The van der Waals surface area contributed by atoms with E-state index in [-0.39, 0.29) is 47.4 Å². The first-order valence-corrected chi connectivity index (χ1v) is 15.2. The molecule has 0 amide bonds. The van der Waals surface area contributed by atoms with Gasteiger partial charge in [-0.2, -0.15) is 0 Å². The van der Waals surface area contributed by atoms with E-state index in [1.807, 2.05) is 13.0 Å². The fourth-order valence-corrected chi connectivity index (χ4v) is 5.06. The normalized spacial score (nSPS) is 10.5. The zero-order valence-electron chi connectivity index (χ0n) is 26.2. The van der Waals surface area contributed by atoms with Crippen LogP contribution in [0.2, 0.25) is 0 Å². The smallest absolute Gasteiger partial charge is 0.290 e. The van der Waals surface area contributed by atoms with E-state index < -0.39 is 0 Å². The number of carbonyl (C=O) groups is 1.